The largest absolute Gasteiger partial charge is 0.103 e. The van der Waals surface area contributed by atoms with Gasteiger partial charge in [0.25, 0.3) is 0 Å². The highest BCUT2D eigenvalue weighted by atomic mass is 14.3. The van der Waals surface area contributed by atoms with E-state index >= 15 is 0 Å². The van der Waals surface area contributed by atoms with Gasteiger partial charge >= 0.3 is 0 Å². The molecule has 1 aromatic rings. The Morgan fingerprint density at radius 3 is 2.21 bits per heavy atom. The van der Waals surface area contributed by atoms with Gasteiger partial charge in [-0.1, -0.05) is 69.0 Å². The lowest BCUT2D eigenvalue weighted by Crippen LogP contribution is -2.17. The molecule has 1 aromatic carbocycles. The molecule has 106 valence electrons. The van der Waals surface area contributed by atoms with Crippen LogP contribution in [0.1, 0.15) is 63.5 Å². The van der Waals surface area contributed by atoms with Crippen LogP contribution in [0.4, 0.5) is 0 Å². The molecule has 0 aliphatic carbocycles. The van der Waals surface area contributed by atoms with Crippen molar-refractivity contribution < 1.29 is 0 Å². The molecule has 0 saturated heterocycles. The molecule has 0 fully saturated rings. The van der Waals surface area contributed by atoms with E-state index < -0.39 is 0 Å². The number of rotatable bonds is 9. The van der Waals surface area contributed by atoms with Crippen LogP contribution in [0.25, 0.3) is 0 Å². The second kappa shape index (κ2) is 8.19. The molecule has 0 nitrogen and oxygen atoms in total. The number of unbranched alkanes of at least 4 members (excludes halogenated alkanes) is 1. The van der Waals surface area contributed by atoms with Crippen LogP contribution in [-0.2, 0) is 6.42 Å². The van der Waals surface area contributed by atoms with Crippen molar-refractivity contribution in [3.63, 3.8) is 0 Å². The summed E-state index contributed by atoms with van der Waals surface area (Å²) in [5.74, 6) is 0. The molecule has 0 heteroatoms. The van der Waals surface area contributed by atoms with E-state index in [1.807, 2.05) is 0 Å². The van der Waals surface area contributed by atoms with Crippen LogP contribution in [0.15, 0.2) is 36.9 Å². The average Bonchev–Trinajstić information content (AvgIpc) is 2.44. The fourth-order valence-electron chi connectivity index (χ4n) is 2.88. The highest BCUT2D eigenvalue weighted by molar-refractivity contribution is 5.21. The van der Waals surface area contributed by atoms with Crippen molar-refractivity contribution in [3.8, 4) is 0 Å². The maximum atomic E-state index is 3.93. The Bertz CT molecular complexity index is 354. The topological polar surface area (TPSA) is 0 Å². The van der Waals surface area contributed by atoms with Crippen molar-refractivity contribution in [2.45, 2.75) is 65.7 Å². The van der Waals surface area contributed by atoms with E-state index in [0.717, 1.165) is 0 Å². The van der Waals surface area contributed by atoms with Crippen molar-refractivity contribution >= 4 is 0 Å². The third-order valence-corrected chi connectivity index (χ3v) is 4.62. The summed E-state index contributed by atoms with van der Waals surface area (Å²) in [5, 5.41) is 0. The first kappa shape index (κ1) is 16.0. The summed E-state index contributed by atoms with van der Waals surface area (Å²) in [5.41, 5.74) is 3.34. The van der Waals surface area contributed by atoms with Gasteiger partial charge in [0.15, 0.2) is 0 Å². The Labute approximate surface area is 119 Å². The normalized spacial score (nSPS) is 11.5. The lowest BCUT2D eigenvalue weighted by molar-refractivity contribution is 0.234. The summed E-state index contributed by atoms with van der Waals surface area (Å²) in [6.45, 7) is 10.7. The predicted molar refractivity (Wildman–Crippen MR) is 86.6 cm³/mol. The smallest absolute Gasteiger partial charge is 0.0268 e. The highest BCUT2D eigenvalue weighted by Gasteiger charge is 2.23. The van der Waals surface area contributed by atoms with Crippen LogP contribution < -0.4 is 0 Å². The highest BCUT2D eigenvalue weighted by Crippen LogP contribution is 2.36. The number of hydrogen-bond donors (Lipinski definition) is 0. The first-order valence-electron chi connectivity index (χ1n) is 7.82. The van der Waals surface area contributed by atoms with E-state index in [4.69, 9.17) is 0 Å². The molecule has 0 aliphatic heterocycles. The molecule has 0 spiro atoms. The number of aryl methyl sites for hydroxylation is 2. The molecule has 1 rings (SSSR count). The first-order chi connectivity index (χ1) is 9.15. The monoisotopic (exact) mass is 258 g/mol. The van der Waals surface area contributed by atoms with Crippen molar-refractivity contribution in [2.75, 3.05) is 0 Å². The minimum Gasteiger partial charge on any atom is -0.103 e. The first-order valence-corrected chi connectivity index (χ1v) is 7.82. The maximum absolute atomic E-state index is 3.93. The van der Waals surface area contributed by atoms with Crippen molar-refractivity contribution in [1.82, 2.24) is 0 Å². The van der Waals surface area contributed by atoms with Crippen molar-refractivity contribution in [3.05, 3.63) is 48.0 Å². The van der Waals surface area contributed by atoms with Gasteiger partial charge in [-0.15, -0.1) is 6.58 Å². The van der Waals surface area contributed by atoms with Gasteiger partial charge in [-0.3, -0.25) is 0 Å². The summed E-state index contributed by atoms with van der Waals surface area (Å²) >= 11 is 0. The average molecular weight is 258 g/mol. The second-order valence-corrected chi connectivity index (χ2v) is 5.89. The lowest BCUT2D eigenvalue weighted by atomic mass is 9.75. The minimum absolute atomic E-state index is 0.509. The van der Waals surface area contributed by atoms with Gasteiger partial charge < -0.3 is 0 Å². The Balaban J connectivity index is 2.36. The van der Waals surface area contributed by atoms with Gasteiger partial charge in [-0.25, -0.2) is 0 Å². The molecule has 0 bridgehead atoms. The zero-order valence-electron chi connectivity index (χ0n) is 13.0. The van der Waals surface area contributed by atoms with Crippen LogP contribution in [0.5, 0.6) is 0 Å². The zero-order valence-corrected chi connectivity index (χ0v) is 13.0. The van der Waals surface area contributed by atoms with Crippen LogP contribution >= 0.6 is 0 Å². The summed E-state index contributed by atoms with van der Waals surface area (Å²) in [7, 11) is 0. The molecule has 0 atom stereocenters. The lowest BCUT2D eigenvalue weighted by Gasteiger charge is -2.30. The number of allylic oxidation sites excluding steroid dienone is 1. The van der Waals surface area contributed by atoms with Crippen LogP contribution in [0.2, 0.25) is 0 Å². The molecule has 0 unspecified atom stereocenters. The van der Waals surface area contributed by atoms with Gasteiger partial charge in [-0.05, 0) is 43.6 Å². The third-order valence-electron chi connectivity index (χ3n) is 4.62. The predicted octanol–water partition coefficient (Wildman–Crippen LogP) is 6.09. The Morgan fingerprint density at radius 2 is 1.68 bits per heavy atom. The second-order valence-electron chi connectivity index (χ2n) is 5.89. The molecule has 0 heterocycles. The molecule has 0 aromatic heterocycles. The van der Waals surface area contributed by atoms with Gasteiger partial charge in [0.2, 0.25) is 0 Å². The minimum atomic E-state index is 0.509. The van der Waals surface area contributed by atoms with Crippen molar-refractivity contribution in [1.29, 1.82) is 0 Å². The Morgan fingerprint density at radius 1 is 1.05 bits per heavy atom. The van der Waals surface area contributed by atoms with E-state index in [1.165, 1.54) is 56.1 Å². The van der Waals surface area contributed by atoms with Gasteiger partial charge in [0.05, 0.1) is 0 Å². The number of hydrogen-bond acceptors (Lipinski definition) is 0. The van der Waals surface area contributed by atoms with E-state index in [0.29, 0.717) is 5.41 Å². The Hall–Kier alpha value is -1.04. The summed E-state index contributed by atoms with van der Waals surface area (Å²) in [6.07, 6.45) is 11.0. The van der Waals surface area contributed by atoms with Crippen LogP contribution in [-0.4, -0.2) is 0 Å². The summed E-state index contributed by atoms with van der Waals surface area (Å²) < 4.78 is 0. The van der Waals surface area contributed by atoms with Gasteiger partial charge in [0, 0.05) is 0 Å². The third kappa shape index (κ3) is 5.22. The van der Waals surface area contributed by atoms with Gasteiger partial charge in [0.1, 0.15) is 0 Å². The molecule has 0 saturated carbocycles. The van der Waals surface area contributed by atoms with Crippen LogP contribution in [0.3, 0.4) is 0 Å². The molecular weight excluding hydrogens is 228 g/mol. The fraction of sp³-hybridized carbons (Fsp3) is 0.579. The van der Waals surface area contributed by atoms with E-state index in [9.17, 15) is 0 Å². The number of benzene rings is 1. The summed E-state index contributed by atoms with van der Waals surface area (Å²) in [6, 6.07) is 8.97. The van der Waals surface area contributed by atoms with Crippen LogP contribution in [0, 0.1) is 12.3 Å². The standard InChI is InChI=1S/C19H30/c1-5-15-19(6-2,7-3)16-9-8-10-18-13-11-17(4)12-14-18/h5,11-14H,1,6-10,15-16H2,2-4H3. The molecule has 0 amide bonds. The van der Waals surface area contributed by atoms with E-state index in [1.54, 1.807) is 0 Å². The Kier molecular flexibility index (Phi) is 6.91. The van der Waals surface area contributed by atoms with Crippen molar-refractivity contribution in [2.24, 2.45) is 5.41 Å². The zero-order chi connectivity index (χ0) is 14.1. The molecule has 0 aliphatic rings. The van der Waals surface area contributed by atoms with Gasteiger partial charge in [-0.2, -0.15) is 0 Å². The molecule has 0 N–H and O–H groups in total. The quantitative estimate of drug-likeness (QED) is 0.371. The van der Waals surface area contributed by atoms with E-state index in [-0.39, 0.29) is 0 Å². The molecule has 0 radical (unpaired) electrons. The fourth-order valence-corrected chi connectivity index (χ4v) is 2.88. The maximum Gasteiger partial charge on any atom is -0.0268 e. The molecular formula is C19H30. The summed E-state index contributed by atoms with van der Waals surface area (Å²) in [4.78, 5) is 0. The molecule has 19 heavy (non-hydrogen) atoms. The SMILES string of the molecule is C=CCC(CC)(CC)CCCCc1ccc(C)cc1. The van der Waals surface area contributed by atoms with E-state index in [2.05, 4.69) is 57.7 Å².